The summed E-state index contributed by atoms with van der Waals surface area (Å²) in [5.74, 6) is 1.71. The molecular weight excluding hydrogens is 372 g/mol. The zero-order valence-corrected chi connectivity index (χ0v) is 16.9. The molecule has 28 heavy (non-hydrogen) atoms. The SMILES string of the molecule is CC[C@H](C)c1ccccc1OCCOc1ccccc1/C=C1/SC(N)=NC1=O. The predicted octanol–water partition coefficient (Wildman–Crippen LogP) is 4.59. The van der Waals surface area contributed by atoms with E-state index in [9.17, 15) is 4.79 Å². The fourth-order valence-electron chi connectivity index (χ4n) is 2.84. The van der Waals surface area contributed by atoms with Crippen LogP contribution in [-0.4, -0.2) is 24.3 Å². The molecule has 0 radical (unpaired) electrons. The fourth-order valence-corrected chi connectivity index (χ4v) is 3.51. The lowest BCUT2D eigenvalue weighted by molar-refractivity contribution is -0.113. The lowest BCUT2D eigenvalue weighted by Gasteiger charge is -2.16. The summed E-state index contributed by atoms with van der Waals surface area (Å²) in [6.07, 6.45) is 2.81. The van der Waals surface area contributed by atoms with Crippen molar-refractivity contribution in [2.24, 2.45) is 10.7 Å². The molecule has 1 heterocycles. The van der Waals surface area contributed by atoms with Gasteiger partial charge in [0, 0.05) is 5.56 Å². The molecule has 146 valence electrons. The van der Waals surface area contributed by atoms with Gasteiger partial charge < -0.3 is 15.2 Å². The van der Waals surface area contributed by atoms with Gasteiger partial charge in [-0.3, -0.25) is 4.79 Å². The molecule has 0 unspecified atom stereocenters. The Kier molecular flexibility index (Phi) is 6.76. The van der Waals surface area contributed by atoms with E-state index in [1.54, 1.807) is 6.08 Å². The van der Waals surface area contributed by atoms with Crippen LogP contribution >= 0.6 is 11.8 Å². The van der Waals surface area contributed by atoms with Crippen LogP contribution in [0.5, 0.6) is 11.5 Å². The van der Waals surface area contributed by atoms with Gasteiger partial charge in [-0.15, -0.1) is 0 Å². The molecule has 1 aliphatic heterocycles. The predicted molar refractivity (Wildman–Crippen MR) is 115 cm³/mol. The third kappa shape index (κ3) is 4.95. The molecule has 0 aliphatic carbocycles. The molecule has 0 bridgehead atoms. The quantitative estimate of drug-likeness (QED) is 0.522. The number of nitrogens with zero attached hydrogens (tertiary/aromatic N) is 1. The number of carbonyl (C=O) groups excluding carboxylic acids is 1. The van der Waals surface area contributed by atoms with E-state index in [1.807, 2.05) is 42.5 Å². The molecule has 1 atom stereocenters. The second kappa shape index (κ2) is 9.46. The standard InChI is InChI=1S/C22H24N2O3S/c1-3-15(2)17-9-5-7-11-19(17)27-13-12-26-18-10-6-4-8-16(18)14-20-21(25)24-22(23)28-20/h4-11,14-15H,3,12-13H2,1-2H3,(H2,23,24,25)/b20-14+/t15-/m0/s1. The van der Waals surface area contributed by atoms with Crippen molar-refractivity contribution in [2.75, 3.05) is 13.2 Å². The van der Waals surface area contributed by atoms with E-state index in [0.29, 0.717) is 29.8 Å². The molecule has 0 aromatic heterocycles. The summed E-state index contributed by atoms with van der Waals surface area (Å²) in [5.41, 5.74) is 7.63. The Morgan fingerprint density at radius 1 is 1.07 bits per heavy atom. The normalized spacial score (nSPS) is 16.1. The number of carbonyl (C=O) groups is 1. The van der Waals surface area contributed by atoms with Gasteiger partial charge in [0.15, 0.2) is 5.17 Å². The highest BCUT2D eigenvalue weighted by Gasteiger charge is 2.20. The Hall–Kier alpha value is -2.73. The molecule has 0 saturated heterocycles. The highest BCUT2D eigenvalue weighted by atomic mass is 32.2. The third-order valence-corrected chi connectivity index (χ3v) is 5.32. The molecule has 2 N–H and O–H groups in total. The average Bonchev–Trinajstić information content (AvgIpc) is 3.03. The van der Waals surface area contributed by atoms with E-state index in [-0.39, 0.29) is 11.1 Å². The second-order valence-electron chi connectivity index (χ2n) is 6.45. The van der Waals surface area contributed by atoms with Gasteiger partial charge in [-0.1, -0.05) is 50.2 Å². The number of thioether (sulfide) groups is 1. The van der Waals surface area contributed by atoms with Gasteiger partial charge in [0.05, 0.1) is 4.91 Å². The van der Waals surface area contributed by atoms with Crippen molar-refractivity contribution in [1.29, 1.82) is 0 Å². The number of para-hydroxylation sites is 2. The average molecular weight is 397 g/mol. The first-order chi connectivity index (χ1) is 13.6. The van der Waals surface area contributed by atoms with Gasteiger partial charge in [0.2, 0.25) is 0 Å². The Labute approximate surface area is 169 Å². The number of aliphatic imine (C=N–C) groups is 1. The second-order valence-corrected chi connectivity index (χ2v) is 7.51. The lowest BCUT2D eigenvalue weighted by Crippen LogP contribution is -2.11. The zero-order chi connectivity index (χ0) is 19.9. The van der Waals surface area contributed by atoms with Crippen molar-refractivity contribution < 1.29 is 14.3 Å². The molecule has 6 heteroatoms. The summed E-state index contributed by atoms with van der Waals surface area (Å²) in [7, 11) is 0. The first kappa shape index (κ1) is 20.0. The maximum atomic E-state index is 11.8. The van der Waals surface area contributed by atoms with Crippen LogP contribution in [-0.2, 0) is 4.79 Å². The maximum Gasteiger partial charge on any atom is 0.286 e. The van der Waals surface area contributed by atoms with Gasteiger partial charge in [0.1, 0.15) is 24.7 Å². The van der Waals surface area contributed by atoms with E-state index in [4.69, 9.17) is 15.2 Å². The van der Waals surface area contributed by atoms with Crippen LogP contribution in [0.2, 0.25) is 0 Å². The lowest BCUT2D eigenvalue weighted by atomic mass is 9.98. The number of amidine groups is 1. The molecule has 5 nitrogen and oxygen atoms in total. The smallest absolute Gasteiger partial charge is 0.286 e. The Bertz CT molecular complexity index is 908. The number of nitrogens with two attached hydrogens (primary N) is 1. The number of rotatable bonds is 8. The Balaban J connectivity index is 1.61. The van der Waals surface area contributed by atoms with Crippen LogP contribution in [0.3, 0.4) is 0 Å². The Morgan fingerprint density at radius 2 is 1.71 bits per heavy atom. The summed E-state index contributed by atoms with van der Waals surface area (Å²) in [5, 5.41) is 0.267. The van der Waals surface area contributed by atoms with Crippen LogP contribution < -0.4 is 15.2 Å². The van der Waals surface area contributed by atoms with E-state index in [0.717, 1.165) is 17.7 Å². The van der Waals surface area contributed by atoms with Crippen LogP contribution in [0.4, 0.5) is 0 Å². The summed E-state index contributed by atoms with van der Waals surface area (Å²) in [4.78, 5) is 16.0. The van der Waals surface area contributed by atoms with Crippen molar-refractivity contribution in [3.8, 4) is 11.5 Å². The molecular formula is C22H24N2O3S. The molecule has 2 aromatic rings. The number of amides is 1. The molecule has 0 saturated carbocycles. The monoisotopic (exact) mass is 396 g/mol. The van der Waals surface area contributed by atoms with Gasteiger partial charge in [-0.25, -0.2) is 0 Å². The zero-order valence-electron chi connectivity index (χ0n) is 16.1. The first-order valence-corrected chi connectivity index (χ1v) is 10.1. The van der Waals surface area contributed by atoms with E-state index in [1.165, 1.54) is 17.3 Å². The molecule has 1 amide bonds. The van der Waals surface area contributed by atoms with E-state index >= 15 is 0 Å². The third-order valence-electron chi connectivity index (χ3n) is 4.50. The van der Waals surface area contributed by atoms with Crippen LogP contribution in [0.1, 0.15) is 37.3 Å². The van der Waals surface area contributed by atoms with Gasteiger partial charge in [0.25, 0.3) is 5.91 Å². The number of hydrogen-bond donors (Lipinski definition) is 1. The number of hydrogen-bond acceptors (Lipinski definition) is 5. The number of ether oxygens (including phenoxy) is 2. The maximum absolute atomic E-state index is 11.8. The fraction of sp³-hybridized carbons (Fsp3) is 0.273. The molecule has 0 fully saturated rings. The van der Waals surface area contributed by atoms with Crippen LogP contribution in [0, 0.1) is 0 Å². The minimum absolute atomic E-state index is 0.267. The van der Waals surface area contributed by atoms with Gasteiger partial charge in [-0.2, -0.15) is 4.99 Å². The van der Waals surface area contributed by atoms with Crippen LogP contribution in [0.15, 0.2) is 58.4 Å². The summed E-state index contributed by atoms with van der Waals surface area (Å²) >= 11 is 1.17. The molecule has 3 rings (SSSR count). The summed E-state index contributed by atoms with van der Waals surface area (Å²) < 4.78 is 11.9. The van der Waals surface area contributed by atoms with E-state index in [2.05, 4.69) is 24.9 Å². The van der Waals surface area contributed by atoms with Crippen molar-refractivity contribution in [3.05, 3.63) is 64.6 Å². The molecule has 0 spiro atoms. The Morgan fingerprint density at radius 3 is 2.39 bits per heavy atom. The highest BCUT2D eigenvalue weighted by molar-refractivity contribution is 8.18. The molecule has 1 aliphatic rings. The van der Waals surface area contributed by atoms with E-state index < -0.39 is 0 Å². The minimum atomic E-state index is -0.317. The molecule has 2 aromatic carbocycles. The topological polar surface area (TPSA) is 73.9 Å². The highest BCUT2D eigenvalue weighted by Crippen LogP contribution is 2.30. The van der Waals surface area contributed by atoms with Crippen molar-refractivity contribution in [1.82, 2.24) is 0 Å². The minimum Gasteiger partial charge on any atom is -0.490 e. The summed E-state index contributed by atoms with van der Waals surface area (Å²) in [6, 6.07) is 15.7. The van der Waals surface area contributed by atoms with Crippen molar-refractivity contribution >= 4 is 28.9 Å². The van der Waals surface area contributed by atoms with Crippen LogP contribution in [0.25, 0.3) is 6.08 Å². The van der Waals surface area contributed by atoms with Gasteiger partial charge in [-0.05, 0) is 47.9 Å². The largest absolute Gasteiger partial charge is 0.490 e. The summed E-state index contributed by atoms with van der Waals surface area (Å²) in [6.45, 7) is 5.19. The number of benzene rings is 2. The first-order valence-electron chi connectivity index (χ1n) is 9.30. The van der Waals surface area contributed by atoms with Gasteiger partial charge >= 0.3 is 0 Å². The van der Waals surface area contributed by atoms with Crippen molar-refractivity contribution in [2.45, 2.75) is 26.2 Å². The van der Waals surface area contributed by atoms with Crippen molar-refractivity contribution in [3.63, 3.8) is 0 Å².